The van der Waals surface area contributed by atoms with Gasteiger partial charge in [0.1, 0.15) is 5.75 Å². The minimum absolute atomic E-state index is 0.652. The van der Waals surface area contributed by atoms with Gasteiger partial charge in [0.15, 0.2) is 0 Å². The first kappa shape index (κ1) is 13.9. The number of ether oxygens (including phenoxy) is 1. The van der Waals surface area contributed by atoms with E-state index in [1.54, 1.807) is 18.0 Å². The van der Waals surface area contributed by atoms with Crippen LogP contribution >= 0.6 is 15.9 Å². The van der Waals surface area contributed by atoms with Crippen molar-refractivity contribution in [1.82, 2.24) is 9.78 Å². The molecule has 1 aromatic carbocycles. The largest absolute Gasteiger partial charge is 0.496 e. The number of benzene rings is 1. The van der Waals surface area contributed by atoms with Crippen molar-refractivity contribution in [2.75, 3.05) is 12.8 Å². The summed E-state index contributed by atoms with van der Waals surface area (Å²) >= 11 is 3.65. The third-order valence-corrected chi connectivity index (χ3v) is 4.76. The molecule has 5 heteroatoms. The number of rotatable bonds is 2. The summed E-state index contributed by atoms with van der Waals surface area (Å²) < 4.78 is 8.47. The Morgan fingerprint density at radius 2 is 1.84 bits per heavy atom. The first-order valence-electron chi connectivity index (χ1n) is 6.01. The van der Waals surface area contributed by atoms with Gasteiger partial charge in [-0.25, -0.2) is 0 Å². The van der Waals surface area contributed by atoms with Gasteiger partial charge in [-0.2, -0.15) is 5.10 Å². The smallest absolute Gasteiger partial charge is 0.131 e. The number of nitrogens with two attached hydrogens (primary N) is 1. The number of methoxy groups -OCH3 is 1. The minimum Gasteiger partial charge on any atom is -0.496 e. The van der Waals surface area contributed by atoms with Crippen molar-refractivity contribution in [2.45, 2.75) is 20.8 Å². The Kier molecular flexibility index (Phi) is 3.58. The van der Waals surface area contributed by atoms with Crippen LogP contribution in [0.2, 0.25) is 0 Å². The third kappa shape index (κ3) is 2.02. The first-order chi connectivity index (χ1) is 8.90. The fraction of sp³-hybridized carbons (Fsp3) is 0.357. The molecule has 0 fully saturated rings. The Bertz CT molecular complexity index is 627. The SMILES string of the molecule is COc1c(C)c(C)c(Br)c(C)c1-c1c(N)cnn1C. The lowest BCUT2D eigenvalue weighted by Crippen LogP contribution is -2.03. The highest BCUT2D eigenvalue weighted by molar-refractivity contribution is 9.10. The van der Waals surface area contributed by atoms with E-state index >= 15 is 0 Å². The molecule has 0 amide bonds. The summed E-state index contributed by atoms with van der Waals surface area (Å²) in [6.07, 6.45) is 1.66. The predicted octanol–water partition coefficient (Wildman–Crippen LogP) is 3.37. The number of aromatic nitrogens is 2. The third-order valence-electron chi connectivity index (χ3n) is 3.57. The minimum atomic E-state index is 0.652. The molecule has 0 spiro atoms. The molecule has 0 aliphatic rings. The fourth-order valence-corrected chi connectivity index (χ4v) is 2.88. The van der Waals surface area contributed by atoms with Crippen LogP contribution in [0.5, 0.6) is 5.75 Å². The van der Waals surface area contributed by atoms with Crippen molar-refractivity contribution in [1.29, 1.82) is 0 Å². The van der Waals surface area contributed by atoms with Gasteiger partial charge in [0.25, 0.3) is 0 Å². The van der Waals surface area contributed by atoms with Gasteiger partial charge in [0.2, 0.25) is 0 Å². The van der Waals surface area contributed by atoms with E-state index in [9.17, 15) is 0 Å². The molecular formula is C14H18BrN3O. The molecule has 2 rings (SSSR count). The van der Waals surface area contributed by atoms with Gasteiger partial charge in [-0.15, -0.1) is 0 Å². The molecule has 0 aliphatic heterocycles. The van der Waals surface area contributed by atoms with Gasteiger partial charge in [-0.1, -0.05) is 15.9 Å². The highest BCUT2D eigenvalue weighted by atomic mass is 79.9. The maximum absolute atomic E-state index is 6.05. The van der Waals surface area contributed by atoms with Crippen LogP contribution < -0.4 is 10.5 Å². The molecule has 1 aromatic heterocycles. The summed E-state index contributed by atoms with van der Waals surface area (Å²) in [5, 5.41) is 4.21. The number of hydrogen-bond donors (Lipinski definition) is 1. The Balaban J connectivity index is 2.91. The topological polar surface area (TPSA) is 53.1 Å². The maximum Gasteiger partial charge on any atom is 0.131 e. The van der Waals surface area contributed by atoms with Crippen molar-refractivity contribution < 1.29 is 4.74 Å². The Hall–Kier alpha value is -1.49. The molecule has 4 nitrogen and oxygen atoms in total. The second-order valence-corrected chi connectivity index (χ2v) is 5.46. The monoisotopic (exact) mass is 323 g/mol. The van der Waals surface area contributed by atoms with Crippen LogP contribution in [0.4, 0.5) is 5.69 Å². The molecule has 0 bridgehead atoms. The van der Waals surface area contributed by atoms with Crippen molar-refractivity contribution in [3.05, 3.63) is 27.4 Å². The van der Waals surface area contributed by atoms with E-state index in [4.69, 9.17) is 10.5 Å². The molecular weight excluding hydrogens is 306 g/mol. The average molecular weight is 324 g/mol. The van der Waals surface area contributed by atoms with Crippen molar-refractivity contribution in [2.24, 2.45) is 7.05 Å². The van der Waals surface area contributed by atoms with Crippen molar-refractivity contribution >= 4 is 21.6 Å². The van der Waals surface area contributed by atoms with Gasteiger partial charge < -0.3 is 10.5 Å². The zero-order valence-corrected chi connectivity index (χ0v) is 13.4. The van der Waals surface area contributed by atoms with Crippen molar-refractivity contribution in [3.63, 3.8) is 0 Å². The lowest BCUT2D eigenvalue weighted by atomic mass is 9.96. The molecule has 19 heavy (non-hydrogen) atoms. The average Bonchev–Trinajstić information content (AvgIpc) is 2.71. The van der Waals surface area contributed by atoms with Gasteiger partial charge in [0.05, 0.1) is 24.7 Å². The van der Waals surface area contributed by atoms with Crippen LogP contribution in [-0.4, -0.2) is 16.9 Å². The number of hydrogen-bond acceptors (Lipinski definition) is 3. The van der Waals surface area contributed by atoms with Crippen molar-refractivity contribution in [3.8, 4) is 17.0 Å². The van der Waals surface area contributed by atoms with E-state index < -0.39 is 0 Å². The molecule has 0 unspecified atom stereocenters. The van der Waals surface area contributed by atoms with E-state index in [2.05, 4.69) is 41.8 Å². The highest BCUT2D eigenvalue weighted by Crippen LogP contribution is 2.43. The Morgan fingerprint density at radius 3 is 2.32 bits per heavy atom. The van der Waals surface area contributed by atoms with E-state index in [1.165, 1.54) is 5.56 Å². The summed E-state index contributed by atoms with van der Waals surface area (Å²) in [6, 6.07) is 0. The lowest BCUT2D eigenvalue weighted by Gasteiger charge is -2.19. The highest BCUT2D eigenvalue weighted by Gasteiger charge is 2.22. The predicted molar refractivity (Wildman–Crippen MR) is 81.5 cm³/mol. The fourth-order valence-electron chi connectivity index (χ4n) is 2.38. The van der Waals surface area contributed by atoms with Crippen LogP contribution in [0.25, 0.3) is 11.3 Å². The molecule has 1 heterocycles. The maximum atomic E-state index is 6.05. The first-order valence-corrected chi connectivity index (χ1v) is 6.80. The molecule has 0 saturated carbocycles. The normalized spacial score (nSPS) is 10.8. The van der Waals surface area contributed by atoms with E-state index in [-0.39, 0.29) is 0 Å². The number of anilines is 1. The summed E-state index contributed by atoms with van der Waals surface area (Å²) in [7, 11) is 3.57. The zero-order valence-electron chi connectivity index (χ0n) is 11.8. The molecule has 0 atom stereocenters. The molecule has 0 aliphatic carbocycles. The number of halogens is 1. The summed E-state index contributed by atoms with van der Waals surface area (Å²) in [5.41, 5.74) is 12.0. The molecule has 102 valence electrons. The van der Waals surface area contributed by atoms with Crippen LogP contribution in [0, 0.1) is 20.8 Å². The van der Waals surface area contributed by atoms with Crippen LogP contribution in [0.1, 0.15) is 16.7 Å². The quantitative estimate of drug-likeness (QED) is 0.921. The number of nitrogens with zero attached hydrogens (tertiary/aromatic N) is 2. The molecule has 2 aromatic rings. The number of nitrogen functional groups attached to an aromatic ring is 1. The van der Waals surface area contributed by atoms with Crippen LogP contribution in [0.3, 0.4) is 0 Å². The summed E-state index contributed by atoms with van der Waals surface area (Å²) in [6.45, 7) is 6.18. The molecule has 0 saturated heterocycles. The molecule has 2 N–H and O–H groups in total. The van der Waals surface area contributed by atoms with Gasteiger partial charge in [-0.05, 0) is 37.5 Å². The summed E-state index contributed by atoms with van der Waals surface area (Å²) in [5.74, 6) is 0.855. The van der Waals surface area contributed by atoms with E-state index in [1.807, 2.05) is 7.05 Å². The van der Waals surface area contributed by atoms with E-state index in [0.29, 0.717) is 5.69 Å². The van der Waals surface area contributed by atoms with Gasteiger partial charge in [-0.3, -0.25) is 4.68 Å². The van der Waals surface area contributed by atoms with Crippen LogP contribution in [-0.2, 0) is 7.05 Å². The van der Waals surface area contributed by atoms with E-state index in [0.717, 1.165) is 32.6 Å². The summed E-state index contributed by atoms with van der Waals surface area (Å²) in [4.78, 5) is 0. The number of aryl methyl sites for hydroxylation is 1. The van der Waals surface area contributed by atoms with Gasteiger partial charge >= 0.3 is 0 Å². The second-order valence-electron chi connectivity index (χ2n) is 4.67. The van der Waals surface area contributed by atoms with Crippen LogP contribution in [0.15, 0.2) is 10.7 Å². The zero-order chi connectivity index (χ0) is 14.3. The Morgan fingerprint density at radius 1 is 1.21 bits per heavy atom. The second kappa shape index (κ2) is 4.89. The lowest BCUT2D eigenvalue weighted by molar-refractivity contribution is 0.412. The standard InChI is InChI=1S/C14H18BrN3O/c1-7-8(2)14(19-5)11(9(3)12(7)15)13-10(16)6-17-18(13)4/h6H,16H2,1-5H3. The Labute approximate surface area is 121 Å². The molecule has 0 radical (unpaired) electrons. The van der Waals surface area contributed by atoms with Gasteiger partial charge in [0, 0.05) is 17.1 Å².